The number of nitrogens with zero attached hydrogens (tertiary/aromatic N) is 2. The fraction of sp³-hybridized carbons (Fsp3) is 0.778. The first-order valence-electron chi connectivity index (χ1n) is 4.14. The SMILES string of the molecule is CC(C)C1CC(C#N)(N=C=O)C1. The topological polar surface area (TPSA) is 53.2 Å². The molecule has 3 nitrogen and oxygen atoms in total. The van der Waals surface area contributed by atoms with Crippen molar-refractivity contribution in [1.82, 2.24) is 0 Å². The average molecular weight is 164 g/mol. The van der Waals surface area contributed by atoms with Gasteiger partial charge in [-0.15, -0.1) is 0 Å². The molecule has 1 rings (SSSR count). The van der Waals surface area contributed by atoms with Crippen LogP contribution >= 0.6 is 0 Å². The highest BCUT2D eigenvalue weighted by atomic mass is 16.1. The zero-order chi connectivity index (χ0) is 9.19. The summed E-state index contributed by atoms with van der Waals surface area (Å²) in [5.74, 6) is 1.12. The quantitative estimate of drug-likeness (QED) is 0.460. The second-order valence-corrected chi connectivity index (χ2v) is 3.76. The van der Waals surface area contributed by atoms with Gasteiger partial charge in [-0.05, 0) is 24.7 Å². The molecule has 0 radical (unpaired) electrons. The summed E-state index contributed by atoms with van der Waals surface area (Å²) in [6.45, 7) is 4.24. The molecule has 0 aromatic heterocycles. The van der Waals surface area contributed by atoms with E-state index in [0.29, 0.717) is 11.8 Å². The van der Waals surface area contributed by atoms with Gasteiger partial charge in [0.25, 0.3) is 0 Å². The van der Waals surface area contributed by atoms with Crippen LogP contribution in [0.4, 0.5) is 0 Å². The van der Waals surface area contributed by atoms with Crippen molar-refractivity contribution in [2.24, 2.45) is 16.8 Å². The highest BCUT2D eigenvalue weighted by Crippen LogP contribution is 2.44. The van der Waals surface area contributed by atoms with Crippen LogP contribution < -0.4 is 0 Å². The molecule has 0 bridgehead atoms. The van der Waals surface area contributed by atoms with Gasteiger partial charge < -0.3 is 0 Å². The Balaban J connectivity index is 2.59. The van der Waals surface area contributed by atoms with Crippen molar-refractivity contribution in [3.05, 3.63) is 0 Å². The average Bonchev–Trinajstić information content (AvgIpc) is 1.95. The van der Waals surface area contributed by atoms with Gasteiger partial charge in [0.15, 0.2) is 5.54 Å². The van der Waals surface area contributed by atoms with Crippen molar-refractivity contribution in [1.29, 1.82) is 5.26 Å². The van der Waals surface area contributed by atoms with Crippen molar-refractivity contribution < 1.29 is 4.79 Å². The predicted octanol–water partition coefficient (Wildman–Crippen LogP) is 1.65. The van der Waals surface area contributed by atoms with E-state index < -0.39 is 5.54 Å². The summed E-state index contributed by atoms with van der Waals surface area (Å²) in [5, 5.41) is 8.74. The van der Waals surface area contributed by atoms with Gasteiger partial charge in [0.2, 0.25) is 6.08 Å². The van der Waals surface area contributed by atoms with Gasteiger partial charge >= 0.3 is 0 Å². The van der Waals surface area contributed by atoms with Crippen molar-refractivity contribution in [3.63, 3.8) is 0 Å². The minimum absolute atomic E-state index is 0.543. The Morgan fingerprint density at radius 2 is 2.17 bits per heavy atom. The van der Waals surface area contributed by atoms with E-state index in [0.717, 1.165) is 12.8 Å². The summed E-state index contributed by atoms with van der Waals surface area (Å²) < 4.78 is 0. The Hall–Kier alpha value is -1.13. The Morgan fingerprint density at radius 1 is 1.58 bits per heavy atom. The van der Waals surface area contributed by atoms with E-state index >= 15 is 0 Å². The highest BCUT2D eigenvalue weighted by molar-refractivity contribution is 5.38. The molecule has 0 aliphatic heterocycles. The lowest BCUT2D eigenvalue weighted by molar-refractivity contribution is 0.151. The first kappa shape index (κ1) is 8.96. The summed E-state index contributed by atoms with van der Waals surface area (Å²) in [6.07, 6.45) is 2.91. The number of rotatable bonds is 2. The van der Waals surface area contributed by atoms with Crippen LogP contribution in [0.25, 0.3) is 0 Å². The summed E-state index contributed by atoms with van der Waals surface area (Å²) in [7, 11) is 0. The fourth-order valence-corrected chi connectivity index (χ4v) is 1.57. The summed E-state index contributed by atoms with van der Waals surface area (Å²) in [5.41, 5.74) is -0.726. The minimum Gasteiger partial charge on any atom is -0.211 e. The van der Waals surface area contributed by atoms with Crippen LogP contribution in [-0.4, -0.2) is 11.6 Å². The van der Waals surface area contributed by atoms with Crippen molar-refractivity contribution in [2.45, 2.75) is 32.2 Å². The van der Waals surface area contributed by atoms with Gasteiger partial charge in [0.1, 0.15) is 0 Å². The lowest BCUT2D eigenvalue weighted by atomic mass is 9.65. The molecule has 0 unspecified atom stereocenters. The summed E-state index contributed by atoms with van der Waals surface area (Å²) in [4.78, 5) is 13.6. The molecule has 0 spiro atoms. The highest BCUT2D eigenvalue weighted by Gasteiger charge is 2.46. The number of nitriles is 1. The van der Waals surface area contributed by atoms with E-state index in [1.54, 1.807) is 0 Å². The van der Waals surface area contributed by atoms with Crippen molar-refractivity contribution in [2.75, 3.05) is 0 Å². The number of isocyanates is 1. The second-order valence-electron chi connectivity index (χ2n) is 3.76. The first-order valence-corrected chi connectivity index (χ1v) is 4.14. The van der Waals surface area contributed by atoms with Crippen molar-refractivity contribution in [3.8, 4) is 6.07 Å². The standard InChI is InChI=1S/C9H12N2O/c1-7(2)8-3-9(4-8,5-10)11-6-12/h7-8H,3-4H2,1-2H3. The molecule has 0 amide bonds. The lowest BCUT2D eigenvalue weighted by Gasteiger charge is -2.40. The third-order valence-corrected chi connectivity index (χ3v) is 2.61. The molecular weight excluding hydrogens is 152 g/mol. The molecule has 1 fully saturated rings. The van der Waals surface area contributed by atoms with Gasteiger partial charge in [0, 0.05) is 0 Å². The van der Waals surface area contributed by atoms with E-state index in [9.17, 15) is 4.79 Å². The van der Waals surface area contributed by atoms with E-state index in [-0.39, 0.29) is 0 Å². The van der Waals surface area contributed by atoms with Crippen LogP contribution in [0.2, 0.25) is 0 Å². The molecule has 0 aromatic carbocycles. The number of hydrogen-bond acceptors (Lipinski definition) is 3. The van der Waals surface area contributed by atoms with Gasteiger partial charge in [-0.3, -0.25) is 0 Å². The largest absolute Gasteiger partial charge is 0.236 e. The second kappa shape index (κ2) is 3.08. The molecule has 64 valence electrons. The zero-order valence-electron chi connectivity index (χ0n) is 7.37. The third kappa shape index (κ3) is 1.39. The maximum absolute atomic E-state index is 10.0. The van der Waals surface area contributed by atoms with Gasteiger partial charge in [-0.1, -0.05) is 13.8 Å². The van der Waals surface area contributed by atoms with Crippen LogP contribution in [0.15, 0.2) is 4.99 Å². The molecule has 1 saturated carbocycles. The Bertz CT molecular complexity index is 252. The van der Waals surface area contributed by atoms with Crippen LogP contribution in [-0.2, 0) is 4.79 Å². The lowest BCUT2D eigenvalue weighted by Crippen LogP contribution is -2.42. The first-order chi connectivity index (χ1) is 5.63. The summed E-state index contributed by atoms with van der Waals surface area (Å²) in [6, 6.07) is 2.07. The van der Waals surface area contributed by atoms with Gasteiger partial charge in [-0.25, -0.2) is 4.79 Å². The number of aliphatic imine (C=N–C) groups is 1. The van der Waals surface area contributed by atoms with Crippen LogP contribution in [0.3, 0.4) is 0 Å². The van der Waals surface area contributed by atoms with E-state index in [4.69, 9.17) is 5.26 Å². The Labute approximate surface area is 72.1 Å². The molecule has 1 aliphatic rings. The smallest absolute Gasteiger partial charge is 0.211 e. The van der Waals surface area contributed by atoms with Crippen LogP contribution in [0, 0.1) is 23.2 Å². The minimum atomic E-state index is -0.726. The molecule has 3 heteroatoms. The maximum atomic E-state index is 10.0. The summed E-state index contributed by atoms with van der Waals surface area (Å²) >= 11 is 0. The predicted molar refractivity (Wildman–Crippen MR) is 44.0 cm³/mol. The third-order valence-electron chi connectivity index (χ3n) is 2.61. The molecule has 0 N–H and O–H groups in total. The van der Waals surface area contributed by atoms with E-state index in [2.05, 4.69) is 24.9 Å². The fourth-order valence-electron chi connectivity index (χ4n) is 1.57. The Kier molecular flexibility index (Phi) is 2.30. The van der Waals surface area contributed by atoms with Gasteiger partial charge in [-0.2, -0.15) is 10.3 Å². The Morgan fingerprint density at radius 3 is 2.50 bits per heavy atom. The molecule has 0 saturated heterocycles. The molecule has 0 aromatic rings. The normalized spacial score (nSPS) is 33.3. The molecular formula is C9H12N2O. The molecule has 0 atom stereocenters. The number of carbonyl (C=O) groups excluding carboxylic acids is 1. The zero-order valence-corrected chi connectivity index (χ0v) is 7.37. The van der Waals surface area contributed by atoms with E-state index in [1.165, 1.54) is 6.08 Å². The van der Waals surface area contributed by atoms with Crippen molar-refractivity contribution >= 4 is 6.08 Å². The maximum Gasteiger partial charge on any atom is 0.236 e. The molecule has 0 heterocycles. The molecule has 12 heavy (non-hydrogen) atoms. The monoisotopic (exact) mass is 164 g/mol. The molecule has 1 aliphatic carbocycles. The van der Waals surface area contributed by atoms with Crippen LogP contribution in [0.1, 0.15) is 26.7 Å². The number of hydrogen-bond donors (Lipinski definition) is 0. The van der Waals surface area contributed by atoms with Gasteiger partial charge in [0.05, 0.1) is 6.07 Å². The van der Waals surface area contributed by atoms with E-state index in [1.807, 2.05) is 0 Å². The van der Waals surface area contributed by atoms with Crippen LogP contribution in [0.5, 0.6) is 0 Å².